The van der Waals surface area contributed by atoms with Crippen molar-refractivity contribution in [1.82, 2.24) is 0 Å². The SMILES string of the molecule is O=[N+]([O-])c1ccc(N/N=C(\c2ccccc2)c2ccc(O)cc2O)c([N+](=O)[O-])c1. The van der Waals surface area contributed by atoms with Crippen LogP contribution in [0.15, 0.2) is 71.8 Å². The van der Waals surface area contributed by atoms with Crippen LogP contribution in [-0.4, -0.2) is 25.8 Å². The third-order valence-electron chi connectivity index (χ3n) is 3.96. The summed E-state index contributed by atoms with van der Waals surface area (Å²) in [6.07, 6.45) is 0. The number of phenols is 2. The molecule has 10 nitrogen and oxygen atoms in total. The zero-order chi connectivity index (χ0) is 21.0. The van der Waals surface area contributed by atoms with E-state index in [0.29, 0.717) is 5.56 Å². The van der Waals surface area contributed by atoms with Gasteiger partial charge >= 0.3 is 5.69 Å². The highest BCUT2D eigenvalue weighted by Crippen LogP contribution is 2.30. The smallest absolute Gasteiger partial charge is 0.301 e. The average Bonchev–Trinajstić information content (AvgIpc) is 2.70. The summed E-state index contributed by atoms with van der Waals surface area (Å²) in [6.45, 7) is 0. The number of rotatable bonds is 6. The number of nitrogens with zero attached hydrogens (tertiary/aromatic N) is 3. The summed E-state index contributed by atoms with van der Waals surface area (Å²) in [6, 6.07) is 15.8. The molecule has 3 aromatic carbocycles. The molecule has 0 bridgehead atoms. The molecule has 0 saturated heterocycles. The third-order valence-corrected chi connectivity index (χ3v) is 3.96. The molecule has 0 radical (unpaired) electrons. The van der Waals surface area contributed by atoms with Gasteiger partial charge in [-0.25, -0.2) is 0 Å². The minimum atomic E-state index is -0.759. The quantitative estimate of drug-likeness (QED) is 0.327. The van der Waals surface area contributed by atoms with Crippen LogP contribution in [0.3, 0.4) is 0 Å². The zero-order valence-electron chi connectivity index (χ0n) is 14.7. The second-order valence-corrected chi connectivity index (χ2v) is 5.86. The minimum Gasteiger partial charge on any atom is -0.508 e. The molecular formula is C19H14N4O6. The van der Waals surface area contributed by atoms with Gasteiger partial charge in [0, 0.05) is 23.3 Å². The molecule has 0 aliphatic heterocycles. The molecule has 3 aromatic rings. The summed E-state index contributed by atoms with van der Waals surface area (Å²) >= 11 is 0. The molecule has 0 aromatic heterocycles. The highest BCUT2D eigenvalue weighted by molar-refractivity contribution is 6.14. The molecule has 0 aliphatic rings. The molecule has 0 saturated carbocycles. The summed E-state index contributed by atoms with van der Waals surface area (Å²) < 4.78 is 0. The fourth-order valence-electron chi connectivity index (χ4n) is 2.59. The summed E-state index contributed by atoms with van der Waals surface area (Å²) in [7, 11) is 0. The van der Waals surface area contributed by atoms with Crippen molar-refractivity contribution in [2.75, 3.05) is 5.43 Å². The lowest BCUT2D eigenvalue weighted by Crippen LogP contribution is -2.08. The van der Waals surface area contributed by atoms with Gasteiger partial charge in [0.2, 0.25) is 0 Å². The van der Waals surface area contributed by atoms with Gasteiger partial charge in [-0.2, -0.15) is 5.10 Å². The van der Waals surface area contributed by atoms with Crippen LogP contribution in [0.2, 0.25) is 0 Å². The molecule has 29 heavy (non-hydrogen) atoms. The van der Waals surface area contributed by atoms with Crippen molar-refractivity contribution < 1.29 is 20.1 Å². The van der Waals surface area contributed by atoms with Crippen LogP contribution in [0.5, 0.6) is 11.5 Å². The fraction of sp³-hybridized carbons (Fsp3) is 0. The summed E-state index contributed by atoms with van der Waals surface area (Å²) in [5.74, 6) is -0.384. The average molecular weight is 394 g/mol. The van der Waals surface area contributed by atoms with Crippen molar-refractivity contribution in [3.8, 4) is 11.5 Å². The van der Waals surface area contributed by atoms with E-state index in [-0.39, 0.29) is 28.5 Å². The molecule has 0 spiro atoms. The van der Waals surface area contributed by atoms with Crippen LogP contribution in [0, 0.1) is 20.2 Å². The number of anilines is 1. The van der Waals surface area contributed by atoms with Crippen LogP contribution in [-0.2, 0) is 0 Å². The molecule has 0 atom stereocenters. The van der Waals surface area contributed by atoms with E-state index >= 15 is 0 Å². The van der Waals surface area contributed by atoms with Gasteiger partial charge in [-0.05, 0) is 18.2 Å². The highest BCUT2D eigenvalue weighted by atomic mass is 16.6. The number of nitrogens with one attached hydrogen (secondary N) is 1. The number of phenolic OH excluding ortho intramolecular Hbond substituents is 2. The number of hydrogen-bond acceptors (Lipinski definition) is 8. The maximum atomic E-state index is 11.3. The number of hydrazone groups is 1. The summed E-state index contributed by atoms with van der Waals surface area (Å²) in [4.78, 5) is 20.7. The standard InChI is InChI=1S/C19H14N4O6/c24-14-7-8-15(18(25)11-14)19(12-4-2-1-3-5-12)21-20-16-9-6-13(22(26)27)10-17(16)23(28)29/h1-11,20,24-25H/b21-19+. The predicted octanol–water partition coefficient (Wildman–Crippen LogP) is 3.78. The number of nitro benzene ring substituents is 2. The van der Waals surface area contributed by atoms with Crippen LogP contribution < -0.4 is 5.43 Å². The first-order valence-electron chi connectivity index (χ1n) is 8.21. The highest BCUT2D eigenvalue weighted by Gasteiger charge is 2.20. The first-order chi connectivity index (χ1) is 13.9. The monoisotopic (exact) mass is 394 g/mol. The Morgan fingerprint density at radius 2 is 1.62 bits per heavy atom. The Balaban J connectivity index is 2.08. The zero-order valence-corrected chi connectivity index (χ0v) is 14.7. The molecule has 146 valence electrons. The van der Waals surface area contributed by atoms with Crippen LogP contribution in [0.1, 0.15) is 11.1 Å². The first kappa shape index (κ1) is 19.3. The summed E-state index contributed by atoms with van der Waals surface area (Å²) in [5, 5.41) is 46.1. The largest absolute Gasteiger partial charge is 0.508 e. The van der Waals surface area contributed by atoms with E-state index in [4.69, 9.17) is 0 Å². The van der Waals surface area contributed by atoms with Crippen LogP contribution in [0.4, 0.5) is 17.1 Å². The molecule has 10 heteroatoms. The Morgan fingerprint density at radius 1 is 0.897 bits per heavy atom. The van der Waals surface area contributed by atoms with Crippen molar-refractivity contribution in [2.24, 2.45) is 5.10 Å². The van der Waals surface area contributed by atoms with Gasteiger partial charge < -0.3 is 10.2 Å². The Labute approximate surface area is 163 Å². The van der Waals surface area contributed by atoms with E-state index in [0.717, 1.165) is 18.2 Å². The van der Waals surface area contributed by atoms with Crippen molar-refractivity contribution >= 4 is 22.8 Å². The van der Waals surface area contributed by atoms with Crippen molar-refractivity contribution in [3.05, 3.63) is 98.1 Å². The lowest BCUT2D eigenvalue weighted by atomic mass is 10.0. The predicted molar refractivity (Wildman–Crippen MR) is 105 cm³/mol. The third kappa shape index (κ3) is 4.27. The minimum absolute atomic E-state index is 0.0627. The first-order valence-corrected chi connectivity index (χ1v) is 8.21. The van der Waals surface area contributed by atoms with E-state index in [1.807, 2.05) is 0 Å². The van der Waals surface area contributed by atoms with E-state index in [9.17, 15) is 30.4 Å². The lowest BCUT2D eigenvalue weighted by molar-refractivity contribution is -0.393. The van der Waals surface area contributed by atoms with Gasteiger partial charge in [0.15, 0.2) is 0 Å². The van der Waals surface area contributed by atoms with Crippen molar-refractivity contribution in [1.29, 1.82) is 0 Å². The molecular weight excluding hydrogens is 380 g/mol. The molecule has 3 rings (SSSR count). The van der Waals surface area contributed by atoms with E-state index < -0.39 is 21.2 Å². The number of aromatic hydroxyl groups is 2. The summed E-state index contributed by atoms with van der Waals surface area (Å²) in [5.41, 5.74) is 2.64. The van der Waals surface area contributed by atoms with Gasteiger partial charge in [-0.15, -0.1) is 0 Å². The van der Waals surface area contributed by atoms with Crippen molar-refractivity contribution in [3.63, 3.8) is 0 Å². The number of nitro groups is 2. The Bertz CT molecular complexity index is 1110. The number of hydrogen-bond donors (Lipinski definition) is 3. The van der Waals surface area contributed by atoms with Gasteiger partial charge in [0.25, 0.3) is 5.69 Å². The number of non-ortho nitro benzene ring substituents is 1. The Kier molecular flexibility index (Phi) is 5.35. The second kappa shape index (κ2) is 8.05. The normalized spacial score (nSPS) is 11.1. The van der Waals surface area contributed by atoms with Crippen LogP contribution >= 0.6 is 0 Å². The molecule has 0 aliphatic carbocycles. The fourth-order valence-corrected chi connectivity index (χ4v) is 2.59. The van der Waals surface area contributed by atoms with Gasteiger partial charge in [-0.3, -0.25) is 25.7 Å². The van der Waals surface area contributed by atoms with E-state index in [1.54, 1.807) is 30.3 Å². The molecule has 3 N–H and O–H groups in total. The number of benzene rings is 3. The lowest BCUT2D eigenvalue weighted by Gasteiger charge is -2.10. The van der Waals surface area contributed by atoms with E-state index in [2.05, 4.69) is 10.5 Å². The molecule has 0 heterocycles. The van der Waals surface area contributed by atoms with Crippen molar-refractivity contribution in [2.45, 2.75) is 0 Å². The van der Waals surface area contributed by atoms with Gasteiger partial charge in [-0.1, -0.05) is 30.3 Å². The van der Waals surface area contributed by atoms with Gasteiger partial charge in [0.1, 0.15) is 22.9 Å². The molecule has 0 fully saturated rings. The topological polar surface area (TPSA) is 151 Å². The maximum Gasteiger partial charge on any atom is 0.301 e. The van der Waals surface area contributed by atoms with Crippen LogP contribution in [0.25, 0.3) is 0 Å². The molecule has 0 unspecified atom stereocenters. The van der Waals surface area contributed by atoms with Gasteiger partial charge in [0.05, 0.1) is 15.9 Å². The second-order valence-electron chi connectivity index (χ2n) is 5.86. The Morgan fingerprint density at radius 3 is 2.24 bits per heavy atom. The molecule has 0 amide bonds. The maximum absolute atomic E-state index is 11.3. The Hall–Kier alpha value is -4.47. The van der Waals surface area contributed by atoms with E-state index in [1.165, 1.54) is 18.2 Å².